The molecule has 0 radical (unpaired) electrons. The molecule has 0 aliphatic carbocycles. The standard InChI is InChI=1S/C15H16F2N2/c1-10(2)19-8-11-7-12(16)3-4-13(11)14-5-6-18-9-15(14)17/h3-7,9-10,19H,8H2,1-2H3. The lowest BCUT2D eigenvalue weighted by Crippen LogP contribution is -2.22. The molecule has 1 aromatic heterocycles. The van der Waals surface area contributed by atoms with Gasteiger partial charge in [0, 0.05) is 24.3 Å². The summed E-state index contributed by atoms with van der Waals surface area (Å²) in [5.41, 5.74) is 1.86. The Bertz CT molecular complexity index is 568. The van der Waals surface area contributed by atoms with Gasteiger partial charge in [0.05, 0.1) is 6.20 Å². The molecule has 0 aliphatic heterocycles. The van der Waals surface area contributed by atoms with Gasteiger partial charge in [-0.3, -0.25) is 4.98 Å². The summed E-state index contributed by atoms with van der Waals surface area (Å²) >= 11 is 0. The zero-order chi connectivity index (χ0) is 13.8. The van der Waals surface area contributed by atoms with Crippen LogP contribution in [0, 0.1) is 11.6 Å². The molecule has 0 amide bonds. The third-order valence-electron chi connectivity index (χ3n) is 2.83. The van der Waals surface area contributed by atoms with Crippen molar-refractivity contribution in [2.24, 2.45) is 0 Å². The second kappa shape index (κ2) is 5.89. The molecular formula is C15H16F2N2. The topological polar surface area (TPSA) is 24.9 Å². The van der Waals surface area contributed by atoms with E-state index < -0.39 is 5.82 Å². The normalized spacial score (nSPS) is 11.0. The van der Waals surface area contributed by atoms with Crippen LogP contribution in [-0.2, 0) is 6.54 Å². The lowest BCUT2D eigenvalue weighted by atomic mass is 10.00. The van der Waals surface area contributed by atoms with Gasteiger partial charge in [-0.1, -0.05) is 19.9 Å². The Kier molecular flexibility index (Phi) is 4.22. The summed E-state index contributed by atoms with van der Waals surface area (Å²) in [5.74, 6) is -0.723. The number of rotatable bonds is 4. The van der Waals surface area contributed by atoms with E-state index in [0.29, 0.717) is 17.7 Å². The van der Waals surface area contributed by atoms with Crippen LogP contribution in [0.25, 0.3) is 11.1 Å². The van der Waals surface area contributed by atoms with Gasteiger partial charge in [-0.2, -0.15) is 0 Å². The van der Waals surface area contributed by atoms with Crippen molar-refractivity contribution >= 4 is 0 Å². The van der Waals surface area contributed by atoms with Gasteiger partial charge in [0.15, 0.2) is 0 Å². The van der Waals surface area contributed by atoms with Gasteiger partial charge in [0.25, 0.3) is 0 Å². The molecule has 100 valence electrons. The van der Waals surface area contributed by atoms with Crippen molar-refractivity contribution in [3.05, 3.63) is 53.9 Å². The van der Waals surface area contributed by atoms with Gasteiger partial charge in [-0.05, 0) is 29.3 Å². The smallest absolute Gasteiger partial charge is 0.149 e. The third kappa shape index (κ3) is 3.35. The minimum atomic E-state index is -0.403. The highest BCUT2D eigenvalue weighted by Gasteiger charge is 2.11. The zero-order valence-electron chi connectivity index (χ0n) is 11.0. The second-order valence-corrected chi connectivity index (χ2v) is 4.69. The Morgan fingerprint density at radius 2 is 1.95 bits per heavy atom. The predicted octanol–water partition coefficient (Wildman–Crippen LogP) is 3.52. The highest BCUT2D eigenvalue weighted by Crippen LogP contribution is 2.26. The van der Waals surface area contributed by atoms with E-state index >= 15 is 0 Å². The third-order valence-corrected chi connectivity index (χ3v) is 2.83. The van der Waals surface area contributed by atoms with Crippen molar-refractivity contribution in [2.45, 2.75) is 26.4 Å². The van der Waals surface area contributed by atoms with Crippen LogP contribution >= 0.6 is 0 Å². The molecule has 0 spiro atoms. The summed E-state index contributed by atoms with van der Waals surface area (Å²) < 4.78 is 27.1. The number of pyridine rings is 1. The van der Waals surface area contributed by atoms with E-state index in [2.05, 4.69) is 10.3 Å². The summed E-state index contributed by atoms with van der Waals surface area (Å²) in [6.07, 6.45) is 2.69. The summed E-state index contributed by atoms with van der Waals surface area (Å²) in [4.78, 5) is 3.73. The molecule has 0 atom stereocenters. The molecule has 1 N–H and O–H groups in total. The first-order chi connectivity index (χ1) is 9.08. The van der Waals surface area contributed by atoms with E-state index in [-0.39, 0.29) is 11.9 Å². The maximum Gasteiger partial charge on any atom is 0.149 e. The van der Waals surface area contributed by atoms with Gasteiger partial charge >= 0.3 is 0 Å². The Morgan fingerprint density at radius 1 is 1.16 bits per heavy atom. The number of nitrogens with one attached hydrogen (secondary N) is 1. The van der Waals surface area contributed by atoms with Crippen LogP contribution in [-0.4, -0.2) is 11.0 Å². The molecule has 2 aromatic rings. The van der Waals surface area contributed by atoms with Crippen LogP contribution in [0.3, 0.4) is 0 Å². The maximum absolute atomic E-state index is 13.8. The number of aromatic nitrogens is 1. The number of nitrogens with zero attached hydrogens (tertiary/aromatic N) is 1. The molecule has 19 heavy (non-hydrogen) atoms. The fourth-order valence-electron chi connectivity index (χ4n) is 1.88. The van der Waals surface area contributed by atoms with E-state index in [0.717, 1.165) is 5.56 Å². The molecule has 0 fully saturated rings. The van der Waals surface area contributed by atoms with E-state index in [4.69, 9.17) is 0 Å². The fraction of sp³-hybridized carbons (Fsp3) is 0.267. The highest BCUT2D eigenvalue weighted by atomic mass is 19.1. The van der Waals surface area contributed by atoms with Crippen LogP contribution < -0.4 is 5.32 Å². The average molecular weight is 262 g/mol. The van der Waals surface area contributed by atoms with Crippen LogP contribution in [0.5, 0.6) is 0 Å². The average Bonchev–Trinajstić information content (AvgIpc) is 2.37. The molecule has 1 heterocycles. The Labute approximate surface area is 111 Å². The molecule has 0 aliphatic rings. The van der Waals surface area contributed by atoms with Gasteiger partial charge in [0.1, 0.15) is 11.6 Å². The largest absolute Gasteiger partial charge is 0.310 e. The molecule has 0 unspecified atom stereocenters. The summed E-state index contributed by atoms with van der Waals surface area (Å²) in [5, 5.41) is 3.21. The maximum atomic E-state index is 13.8. The molecule has 2 nitrogen and oxygen atoms in total. The van der Waals surface area contributed by atoms with Crippen LogP contribution in [0.2, 0.25) is 0 Å². The molecule has 1 aromatic carbocycles. The molecule has 0 saturated carbocycles. The molecule has 0 saturated heterocycles. The van der Waals surface area contributed by atoms with Crippen molar-refractivity contribution in [1.29, 1.82) is 0 Å². The molecular weight excluding hydrogens is 246 g/mol. The molecule has 2 rings (SSSR count). The minimum Gasteiger partial charge on any atom is -0.310 e. The van der Waals surface area contributed by atoms with Crippen LogP contribution in [0.4, 0.5) is 8.78 Å². The first-order valence-corrected chi connectivity index (χ1v) is 6.19. The van der Waals surface area contributed by atoms with E-state index in [1.54, 1.807) is 12.1 Å². The predicted molar refractivity (Wildman–Crippen MR) is 71.6 cm³/mol. The monoisotopic (exact) mass is 262 g/mol. The number of benzene rings is 1. The zero-order valence-corrected chi connectivity index (χ0v) is 11.0. The lowest BCUT2D eigenvalue weighted by molar-refractivity contribution is 0.581. The van der Waals surface area contributed by atoms with Gasteiger partial charge in [-0.25, -0.2) is 8.78 Å². The van der Waals surface area contributed by atoms with Crippen molar-refractivity contribution in [2.75, 3.05) is 0 Å². The van der Waals surface area contributed by atoms with Crippen molar-refractivity contribution in [1.82, 2.24) is 10.3 Å². The second-order valence-electron chi connectivity index (χ2n) is 4.69. The van der Waals surface area contributed by atoms with E-state index in [1.807, 2.05) is 13.8 Å². The van der Waals surface area contributed by atoms with Crippen molar-refractivity contribution in [3.8, 4) is 11.1 Å². The van der Waals surface area contributed by atoms with Crippen LogP contribution in [0.1, 0.15) is 19.4 Å². The summed E-state index contributed by atoms with van der Waals surface area (Å²) in [6, 6.07) is 6.25. The molecule has 4 heteroatoms. The van der Waals surface area contributed by atoms with Gasteiger partial charge in [-0.15, -0.1) is 0 Å². The number of halogens is 2. The van der Waals surface area contributed by atoms with E-state index in [9.17, 15) is 8.78 Å². The molecule has 0 bridgehead atoms. The fourth-order valence-corrected chi connectivity index (χ4v) is 1.88. The quantitative estimate of drug-likeness (QED) is 0.911. The lowest BCUT2D eigenvalue weighted by Gasteiger charge is -2.13. The Morgan fingerprint density at radius 3 is 2.63 bits per heavy atom. The van der Waals surface area contributed by atoms with Gasteiger partial charge in [0.2, 0.25) is 0 Å². The van der Waals surface area contributed by atoms with Gasteiger partial charge < -0.3 is 5.32 Å². The first kappa shape index (κ1) is 13.6. The number of hydrogen-bond donors (Lipinski definition) is 1. The van der Waals surface area contributed by atoms with Crippen molar-refractivity contribution in [3.63, 3.8) is 0 Å². The Hall–Kier alpha value is -1.81. The first-order valence-electron chi connectivity index (χ1n) is 6.19. The van der Waals surface area contributed by atoms with E-state index in [1.165, 1.54) is 24.5 Å². The number of hydrogen-bond acceptors (Lipinski definition) is 2. The Balaban J connectivity index is 2.42. The summed E-state index contributed by atoms with van der Waals surface area (Å²) in [6.45, 7) is 4.50. The van der Waals surface area contributed by atoms with Crippen LogP contribution in [0.15, 0.2) is 36.7 Å². The minimum absolute atomic E-state index is 0.276. The highest BCUT2D eigenvalue weighted by molar-refractivity contribution is 5.67. The SMILES string of the molecule is CC(C)NCc1cc(F)ccc1-c1ccncc1F. The summed E-state index contributed by atoms with van der Waals surface area (Å²) in [7, 11) is 0. The van der Waals surface area contributed by atoms with Crippen molar-refractivity contribution < 1.29 is 8.78 Å².